The van der Waals surface area contributed by atoms with Gasteiger partial charge in [-0.25, -0.2) is 0 Å². The number of nitro groups is 1. The second-order valence-corrected chi connectivity index (χ2v) is 6.49. The fraction of sp³-hybridized carbons (Fsp3) is 0.167. The van der Waals surface area contributed by atoms with E-state index in [1.54, 1.807) is 30.4 Å². The van der Waals surface area contributed by atoms with Gasteiger partial charge in [0, 0.05) is 23.3 Å². The predicted octanol–water partition coefficient (Wildman–Crippen LogP) is 3.23. The zero-order valence-corrected chi connectivity index (χ0v) is 15.2. The Kier molecular flexibility index (Phi) is 5.72. The van der Waals surface area contributed by atoms with Gasteiger partial charge in [0.1, 0.15) is 12.3 Å². The molecule has 0 aliphatic rings. The highest BCUT2D eigenvalue weighted by Gasteiger charge is 2.17. The van der Waals surface area contributed by atoms with Crippen molar-refractivity contribution < 1.29 is 14.5 Å². The molecule has 0 bridgehead atoms. The van der Waals surface area contributed by atoms with Crippen LogP contribution in [0.2, 0.25) is 0 Å². The van der Waals surface area contributed by atoms with E-state index in [0.717, 1.165) is 10.6 Å². The molecule has 138 valence electrons. The summed E-state index contributed by atoms with van der Waals surface area (Å²) in [6, 6.07) is 11.8. The summed E-state index contributed by atoms with van der Waals surface area (Å²) < 4.78 is 5.46. The molecule has 0 fully saturated rings. The average molecular weight is 384 g/mol. The predicted molar refractivity (Wildman–Crippen MR) is 101 cm³/mol. The van der Waals surface area contributed by atoms with Crippen LogP contribution < -0.4 is 10.1 Å². The van der Waals surface area contributed by atoms with Crippen molar-refractivity contribution in [2.45, 2.75) is 6.92 Å². The molecule has 2 heterocycles. The minimum Gasteiger partial charge on any atom is -0.475 e. The van der Waals surface area contributed by atoms with Gasteiger partial charge in [-0.15, -0.1) is 21.5 Å². The molecule has 8 nitrogen and oxygen atoms in total. The van der Waals surface area contributed by atoms with Gasteiger partial charge >= 0.3 is 0 Å². The Morgan fingerprint density at radius 3 is 2.74 bits per heavy atom. The largest absolute Gasteiger partial charge is 0.475 e. The monoisotopic (exact) mass is 384 g/mol. The van der Waals surface area contributed by atoms with Crippen molar-refractivity contribution in [2.24, 2.45) is 0 Å². The van der Waals surface area contributed by atoms with Crippen LogP contribution in [0.3, 0.4) is 0 Å². The summed E-state index contributed by atoms with van der Waals surface area (Å²) in [6.45, 7) is 1.98. The van der Waals surface area contributed by atoms with Gasteiger partial charge in [0.25, 0.3) is 11.6 Å². The molecule has 0 spiro atoms. The van der Waals surface area contributed by atoms with Crippen molar-refractivity contribution >= 4 is 22.9 Å². The number of hydrogen-bond donors (Lipinski definition) is 1. The first-order valence-corrected chi connectivity index (χ1v) is 8.97. The SMILES string of the molecule is Cc1c(C(=O)NCCOc2ccc(-c3cccs3)nn2)cccc1[N+](=O)[O-]. The van der Waals surface area contributed by atoms with Gasteiger partial charge in [-0.05, 0) is 30.5 Å². The van der Waals surface area contributed by atoms with Crippen LogP contribution >= 0.6 is 11.3 Å². The first kappa shape index (κ1) is 18.5. The third-order valence-electron chi connectivity index (χ3n) is 3.80. The first-order chi connectivity index (χ1) is 13.1. The summed E-state index contributed by atoms with van der Waals surface area (Å²) in [5.74, 6) is -0.0324. The Hall–Kier alpha value is -3.33. The van der Waals surface area contributed by atoms with E-state index in [4.69, 9.17) is 4.74 Å². The van der Waals surface area contributed by atoms with Crippen LogP contribution in [0.15, 0.2) is 47.8 Å². The Balaban J connectivity index is 1.51. The lowest BCUT2D eigenvalue weighted by Gasteiger charge is -2.09. The number of amides is 1. The molecule has 1 aromatic carbocycles. The molecule has 1 amide bonds. The normalized spacial score (nSPS) is 10.4. The van der Waals surface area contributed by atoms with Crippen LogP contribution in [0.1, 0.15) is 15.9 Å². The highest BCUT2D eigenvalue weighted by Crippen LogP contribution is 2.23. The van der Waals surface area contributed by atoms with Crippen LogP contribution in [0.25, 0.3) is 10.6 Å². The number of nitro benzene ring substituents is 1. The standard InChI is InChI=1S/C18H16N4O4S/c1-12-13(4-2-5-15(12)22(24)25)18(23)19-9-10-26-17-8-7-14(20-21-17)16-6-3-11-27-16/h2-8,11H,9-10H2,1H3,(H,19,23). The van der Waals surface area contributed by atoms with Crippen LogP contribution in [-0.2, 0) is 0 Å². The van der Waals surface area contributed by atoms with Gasteiger partial charge in [0.15, 0.2) is 0 Å². The minimum absolute atomic E-state index is 0.0833. The number of thiophene rings is 1. The Morgan fingerprint density at radius 1 is 1.22 bits per heavy atom. The molecule has 0 saturated heterocycles. The van der Waals surface area contributed by atoms with E-state index < -0.39 is 4.92 Å². The van der Waals surface area contributed by atoms with Gasteiger partial charge in [0.2, 0.25) is 5.88 Å². The Bertz CT molecular complexity index is 943. The maximum Gasteiger partial charge on any atom is 0.273 e. The van der Waals surface area contributed by atoms with Gasteiger partial charge in [-0.1, -0.05) is 12.1 Å². The number of hydrogen-bond acceptors (Lipinski definition) is 7. The highest BCUT2D eigenvalue weighted by molar-refractivity contribution is 7.13. The van der Waals surface area contributed by atoms with E-state index >= 15 is 0 Å². The van der Waals surface area contributed by atoms with Crippen molar-refractivity contribution in [1.82, 2.24) is 15.5 Å². The van der Waals surface area contributed by atoms with Crippen molar-refractivity contribution in [3.63, 3.8) is 0 Å². The smallest absolute Gasteiger partial charge is 0.273 e. The van der Waals surface area contributed by atoms with Gasteiger partial charge < -0.3 is 10.1 Å². The molecule has 1 N–H and O–H groups in total. The fourth-order valence-electron chi connectivity index (χ4n) is 2.44. The van der Waals surface area contributed by atoms with E-state index in [1.165, 1.54) is 12.1 Å². The van der Waals surface area contributed by atoms with E-state index in [0.29, 0.717) is 11.4 Å². The van der Waals surface area contributed by atoms with Crippen molar-refractivity contribution in [3.05, 3.63) is 69.1 Å². The topological polar surface area (TPSA) is 107 Å². The quantitative estimate of drug-likeness (QED) is 0.381. The van der Waals surface area contributed by atoms with Crippen LogP contribution in [-0.4, -0.2) is 34.2 Å². The lowest BCUT2D eigenvalue weighted by atomic mass is 10.1. The number of carbonyl (C=O) groups is 1. The molecule has 0 unspecified atom stereocenters. The van der Waals surface area contributed by atoms with Crippen molar-refractivity contribution in [3.8, 4) is 16.5 Å². The molecule has 2 aromatic heterocycles. The molecule has 3 rings (SSSR count). The molecule has 9 heteroatoms. The zero-order valence-electron chi connectivity index (χ0n) is 14.4. The fourth-order valence-corrected chi connectivity index (χ4v) is 3.13. The maximum atomic E-state index is 12.2. The van der Waals surface area contributed by atoms with Crippen molar-refractivity contribution in [2.75, 3.05) is 13.2 Å². The number of benzene rings is 1. The Morgan fingerprint density at radius 2 is 2.07 bits per heavy atom. The molecule has 0 aliphatic carbocycles. The second kappa shape index (κ2) is 8.37. The molecule has 0 saturated carbocycles. The highest BCUT2D eigenvalue weighted by atomic mass is 32.1. The summed E-state index contributed by atoms with van der Waals surface area (Å²) in [4.78, 5) is 23.7. The number of nitrogens with zero attached hydrogens (tertiary/aromatic N) is 3. The molecular formula is C18H16N4O4S. The van der Waals surface area contributed by atoms with E-state index in [9.17, 15) is 14.9 Å². The number of aromatic nitrogens is 2. The molecule has 3 aromatic rings. The lowest BCUT2D eigenvalue weighted by molar-refractivity contribution is -0.385. The third-order valence-corrected chi connectivity index (χ3v) is 4.69. The summed E-state index contributed by atoms with van der Waals surface area (Å²) in [7, 11) is 0. The minimum atomic E-state index is -0.506. The van der Waals surface area contributed by atoms with E-state index in [2.05, 4.69) is 15.5 Å². The summed E-state index contributed by atoms with van der Waals surface area (Å²) in [5.41, 5.74) is 1.28. The average Bonchev–Trinajstić information content (AvgIpc) is 3.20. The third kappa shape index (κ3) is 4.45. The summed E-state index contributed by atoms with van der Waals surface area (Å²) in [6.07, 6.45) is 0. The second-order valence-electron chi connectivity index (χ2n) is 5.55. The van der Waals surface area contributed by atoms with E-state index in [1.807, 2.05) is 23.6 Å². The van der Waals surface area contributed by atoms with Gasteiger partial charge in [0.05, 0.1) is 16.3 Å². The zero-order chi connectivity index (χ0) is 19.2. The molecule has 0 atom stereocenters. The van der Waals surface area contributed by atoms with Crippen molar-refractivity contribution in [1.29, 1.82) is 0 Å². The Labute approximate surface area is 159 Å². The summed E-state index contributed by atoms with van der Waals surface area (Å²) >= 11 is 1.58. The van der Waals surface area contributed by atoms with Gasteiger partial charge in [-0.3, -0.25) is 14.9 Å². The number of carbonyl (C=O) groups excluding carboxylic acids is 1. The van der Waals surface area contributed by atoms with Crippen LogP contribution in [0.5, 0.6) is 5.88 Å². The first-order valence-electron chi connectivity index (χ1n) is 8.09. The number of nitrogens with one attached hydrogen (secondary N) is 1. The number of ether oxygens (including phenoxy) is 1. The van der Waals surface area contributed by atoms with Crippen LogP contribution in [0, 0.1) is 17.0 Å². The lowest BCUT2D eigenvalue weighted by Crippen LogP contribution is -2.28. The summed E-state index contributed by atoms with van der Waals surface area (Å²) in [5, 5.41) is 23.7. The molecule has 27 heavy (non-hydrogen) atoms. The van der Waals surface area contributed by atoms with Crippen LogP contribution in [0.4, 0.5) is 5.69 Å². The number of rotatable bonds is 7. The van der Waals surface area contributed by atoms with E-state index in [-0.39, 0.29) is 30.3 Å². The molecule has 0 radical (unpaired) electrons. The molecule has 0 aliphatic heterocycles. The van der Waals surface area contributed by atoms with Gasteiger partial charge in [-0.2, -0.15) is 0 Å². The molecular weight excluding hydrogens is 368 g/mol. The maximum absolute atomic E-state index is 12.2.